The SMILES string of the molecule is CC1CCC2(CC1)NC(=O)N(CC(=O)NCCCNC(=O)c1cccc(O)c1)C2=O. The van der Waals surface area contributed by atoms with Crippen LogP contribution in [0.15, 0.2) is 24.3 Å². The summed E-state index contributed by atoms with van der Waals surface area (Å²) in [4.78, 5) is 50.1. The number of urea groups is 1. The van der Waals surface area contributed by atoms with Crippen molar-refractivity contribution in [3.63, 3.8) is 0 Å². The lowest BCUT2D eigenvalue weighted by molar-refractivity contribution is -0.136. The first-order chi connectivity index (χ1) is 14.3. The maximum absolute atomic E-state index is 12.7. The maximum Gasteiger partial charge on any atom is 0.325 e. The molecule has 9 nitrogen and oxygen atoms in total. The molecular weight excluding hydrogens is 388 g/mol. The molecule has 9 heteroatoms. The minimum Gasteiger partial charge on any atom is -0.508 e. The van der Waals surface area contributed by atoms with Crippen molar-refractivity contribution in [1.82, 2.24) is 20.9 Å². The van der Waals surface area contributed by atoms with E-state index in [0.29, 0.717) is 43.8 Å². The summed E-state index contributed by atoms with van der Waals surface area (Å²) in [5, 5.41) is 17.6. The number of carbonyl (C=O) groups excluding carboxylic acids is 4. The third-order valence-electron chi connectivity index (χ3n) is 5.75. The van der Waals surface area contributed by atoms with E-state index in [2.05, 4.69) is 22.9 Å². The Morgan fingerprint density at radius 1 is 1.20 bits per heavy atom. The summed E-state index contributed by atoms with van der Waals surface area (Å²) >= 11 is 0. The zero-order chi connectivity index (χ0) is 21.7. The molecule has 4 N–H and O–H groups in total. The number of hydrogen-bond donors (Lipinski definition) is 4. The fourth-order valence-corrected chi connectivity index (χ4v) is 3.88. The van der Waals surface area contributed by atoms with Crippen LogP contribution in [0.25, 0.3) is 0 Å². The summed E-state index contributed by atoms with van der Waals surface area (Å²) < 4.78 is 0. The first-order valence-corrected chi connectivity index (χ1v) is 10.3. The van der Waals surface area contributed by atoms with E-state index in [0.717, 1.165) is 17.7 Å². The quantitative estimate of drug-likeness (QED) is 0.391. The van der Waals surface area contributed by atoms with Crippen LogP contribution in [0.4, 0.5) is 4.79 Å². The summed E-state index contributed by atoms with van der Waals surface area (Å²) in [6.07, 6.45) is 3.45. The number of amides is 5. The number of nitrogens with zero attached hydrogens (tertiary/aromatic N) is 1. The van der Waals surface area contributed by atoms with Gasteiger partial charge in [0.05, 0.1) is 0 Å². The number of imide groups is 1. The van der Waals surface area contributed by atoms with E-state index < -0.39 is 17.5 Å². The number of hydrogen-bond acceptors (Lipinski definition) is 5. The Morgan fingerprint density at radius 3 is 2.60 bits per heavy atom. The Balaban J connectivity index is 1.38. The number of nitrogens with one attached hydrogen (secondary N) is 3. The van der Waals surface area contributed by atoms with Gasteiger partial charge < -0.3 is 21.1 Å². The van der Waals surface area contributed by atoms with Gasteiger partial charge in [-0.15, -0.1) is 0 Å². The highest BCUT2D eigenvalue weighted by Gasteiger charge is 2.52. The molecule has 0 aromatic heterocycles. The molecule has 0 unspecified atom stereocenters. The van der Waals surface area contributed by atoms with Gasteiger partial charge in [-0.1, -0.05) is 13.0 Å². The number of phenolic OH excluding ortho intramolecular Hbond substituents is 1. The fraction of sp³-hybridized carbons (Fsp3) is 0.524. The van der Waals surface area contributed by atoms with E-state index in [4.69, 9.17) is 0 Å². The van der Waals surface area contributed by atoms with Gasteiger partial charge in [0.25, 0.3) is 11.8 Å². The molecule has 0 bridgehead atoms. The summed E-state index contributed by atoms with van der Waals surface area (Å²) in [6.45, 7) is 2.45. The van der Waals surface area contributed by atoms with Crippen LogP contribution in [0.2, 0.25) is 0 Å². The normalized spacial score (nSPS) is 23.4. The van der Waals surface area contributed by atoms with Crippen molar-refractivity contribution in [2.75, 3.05) is 19.6 Å². The van der Waals surface area contributed by atoms with Crippen LogP contribution >= 0.6 is 0 Å². The molecule has 1 aromatic carbocycles. The zero-order valence-electron chi connectivity index (χ0n) is 17.1. The van der Waals surface area contributed by atoms with Gasteiger partial charge in [-0.25, -0.2) is 4.79 Å². The van der Waals surface area contributed by atoms with Gasteiger partial charge in [0.2, 0.25) is 5.91 Å². The maximum atomic E-state index is 12.7. The first-order valence-electron chi connectivity index (χ1n) is 10.3. The smallest absolute Gasteiger partial charge is 0.325 e. The van der Waals surface area contributed by atoms with Gasteiger partial charge >= 0.3 is 6.03 Å². The zero-order valence-corrected chi connectivity index (χ0v) is 17.1. The van der Waals surface area contributed by atoms with Crippen LogP contribution in [0.1, 0.15) is 49.4 Å². The molecule has 1 saturated carbocycles. The van der Waals surface area contributed by atoms with Crippen LogP contribution in [0.5, 0.6) is 5.75 Å². The van der Waals surface area contributed by atoms with E-state index >= 15 is 0 Å². The van der Waals surface area contributed by atoms with Crippen molar-refractivity contribution in [3.05, 3.63) is 29.8 Å². The lowest BCUT2D eigenvalue weighted by Crippen LogP contribution is -2.50. The topological polar surface area (TPSA) is 128 Å². The number of phenols is 1. The summed E-state index contributed by atoms with van der Waals surface area (Å²) in [5.74, 6) is -0.499. The van der Waals surface area contributed by atoms with Crippen molar-refractivity contribution in [2.45, 2.75) is 44.6 Å². The van der Waals surface area contributed by atoms with Crippen LogP contribution in [0, 0.1) is 5.92 Å². The molecule has 1 saturated heterocycles. The van der Waals surface area contributed by atoms with E-state index in [1.165, 1.54) is 12.1 Å². The molecule has 5 amide bonds. The molecule has 1 spiro atoms. The van der Waals surface area contributed by atoms with Crippen molar-refractivity contribution < 1.29 is 24.3 Å². The predicted molar refractivity (Wildman–Crippen MR) is 109 cm³/mol. The number of benzene rings is 1. The third-order valence-corrected chi connectivity index (χ3v) is 5.75. The fourth-order valence-electron chi connectivity index (χ4n) is 3.88. The molecule has 0 atom stereocenters. The van der Waals surface area contributed by atoms with Gasteiger partial charge in [0.1, 0.15) is 17.8 Å². The largest absolute Gasteiger partial charge is 0.508 e. The van der Waals surface area contributed by atoms with Crippen LogP contribution in [-0.4, -0.2) is 58.9 Å². The van der Waals surface area contributed by atoms with E-state index in [-0.39, 0.29) is 24.1 Å². The highest BCUT2D eigenvalue weighted by Crippen LogP contribution is 2.36. The molecule has 2 fully saturated rings. The molecule has 1 aliphatic heterocycles. The highest BCUT2D eigenvalue weighted by molar-refractivity contribution is 6.09. The molecular formula is C21H28N4O5. The second-order valence-electron chi connectivity index (χ2n) is 8.10. The predicted octanol–water partition coefficient (Wildman–Crippen LogP) is 1.13. The average molecular weight is 416 g/mol. The van der Waals surface area contributed by atoms with E-state index in [1.54, 1.807) is 12.1 Å². The standard InChI is InChI=1S/C21H28N4O5/c1-14-6-8-21(9-7-14)19(29)25(20(30)24-21)13-17(27)22-10-3-11-23-18(28)15-4-2-5-16(26)12-15/h2,4-5,12,14,26H,3,6-11,13H2,1H3,(H,22,27)(H,23,28)(H,24,30). The molecule has 0 radical (unpaired) electrons. The van der Waals surface area contributed by atoms with Crippen molar-refractivity contribution in [2.24, 2.45) is 5.92 Å². The summed E-state index contributed by atoms with van der Waals surface area (Å²) in [6, 6.07) is 5.51. The Kier molecular flexibility index (Phi) is 6.59. The minimum atomic E-state index is -0.847. The molecule has 1 aliphatic carbocycles. The first kappa shape index (κ1) is 21.6. The second kappa shape index (κ2) is 9.15. The molecule has 3 rings (SSSR count). The lowest BCUT2D eigenvalue weighted by atomic mass is 9.77. The van der Waals surface area contributed by atoms with Gasteiger partial charge in [0.15, 0.2) is 0 Å². The van der Waals surface area contributed by atoms with Crippen LogP contribution in [-0.2, 0) is 9.59 Å². The van der Waals surface area contributed by atoms with Crippen LogP contribution < -0.4 is 16.0 Å². The number of rotatable bonds is 7. The molecule has 1 heterocycles. The Morgan fingerprint density at radius 2 is 1.90 bits per heavy atom. The van der Waals surface area contributed by atoms with Gasteiger partial charge in [-0.3, -0.25) is 19.3 Å². The van der Waals surface area contributed by atoms with Gasteiger partial charge in [0, 0.05) is 18.7 Å². The Bertz CT molecular complexity index is 832. The second-order valence-corrected chi connectivity index (χ2v) is 8.10. The number of aromatic hydroxyl groups is 1. The minimum absolute atomic E-state index is 0.0138. The number of carbonyl (C=O) groups is 4. The average Bonchev–Trinajstić information content (AvgIpc) is 2.94. The lowest BCUT2D eigenvalue weighted by Gasteiger charge is -2.33. The van der Waals surface area contributed by atoms with E-state index in [9.17, 15) is 24.3 Å². The van der Waals surface area contributed by atoms with Crippen molar-refractivity contribution in [1.29, 1.82) is 0 Å². The molecule has 2 aliphatic rings. The van der Waals surface area contributed by atoms with Gasteiger partial charge in [-0.2, -0.15) is 0 Å². The van der Waals surface area contributed by atoms with Crippen molar-refractivity contribution >= 4 is 23.8 Å². The molecule has 30 heavy (non-hydrogen) atoms. The van der Waals surface area contributed by atoms with Gasteiger partial charge in [-0.05, 0) is 56.2 Å². The summed E-state index contributed by atoms with van der Waals surface area (Å²) in [7, 11) is 0. The monoisotopic (exact) mass is 416 g/mol. The van der Waals surface area contributed by atoms with Crippen molar-refractivity contribution in [3.8, 4) is 5.75 Å². The Labute approximate surface area is 175 Å². The van der Waals surface area contributed by atoms with E-state index in [1.807, 2.05) is 0 Å². The van der Waals surface area contributed by atoms with Crippen LogP contribution in [0.3, 0.4) is 0 Å². The third kappa shape index (κ3) is 4.90. The highest BCUT2D eigenvalue weighted by atomic mass is 16.3. The molecule has 1 aromatic rings. The molecule has 162 valence electrons. The summed E-state index contributed by atoms with van der Waals surface area (Å²) in [5.41, 5.74) is -0.497. The Hall–Kier alpha value is -3.10.